The third kappa shape index (κ3) is 8.79. The maximum Gasteiger partial charge on any atom is 0.411 e. The second-order valence-corrected chi connectivity index (χ2v) is 9.37. The van der Waals surface area contributed by atoms with Crippen LogP contribution < -0.4 is 5.32 Å². The van der Waals surface area contributed by atoms with Crippen LogP contribution in [0, 0.1) is 0 Å². The largest absolute Gasteiger partial charge is 0.411 e. The van der Waals surface area contributed by atoms with E-state index in [0.29, 0.717) is 31.6 Å². The molecule has 6 nitrogen and oxygen atoms in total. The summed E-state index contributed by atoms with van der Waals surface area (Å²) in [6, 6.07) is 13.3. The number of carbonyl (C=O) groups excluding carboxylic acids is 1. The zero-order valence-corrected chi connectivity index (χ0v) is 19.5. The van der Waals surface area contributed by atoms with Crippen molar-refractivity contribution in [3.05, 3.63) is 65.2 Å². The summed E-state index contributed by atoms with van der Waals surface area (Å²) in [6.45, 7) is 3.24. The summed E-state index contributed by atoms with van der Waals surface area (Å²) in [7, 11) is -3.51. The second kappa shape index (κ2) is 12.2. The van der Waals surface area contributed by atoms with Gasteiger partial charge < -0.3 is 10.1 Å². The number of hydrogen-bond acceptors (Lipinski definition) is 4. The van der Waals surface area contributed by atoms with Crippen LogP contribution in [0.15, 0.2) is 53.4 Å². The smallest absolute Gasteiger partial charge is 0.367 e. The monoisotopic (exact) mass is 486 g/mol. The first-order chi connectivity index (χ1) is 15.5. The zero-order chi connectivity index (χ0) is 24.5. The number of hydrogen-bond donors (Lipinski definition) is 1. The lowest BCUT2D eigenvalue weighted by Gasteiger charge is -2.18. The molecule has 0 heterocycles. The van der Waals surface area contributed by atoms with Crippen molar-refractivity contribution in [2.24, 2.45) is 0 Å². The molecule has 0 aliphatic carbocycles. The van der Waals surface area contributed by atoms with Crippen LogP contribution in [0.5, 0.6) is 0 Å². The van der Waals surface area contributed by atoms with Crippen molar-refractivity contribution in [2.75, 3.05) is 19.7 Å². The topological polar surface area (TPSA) is 75.7 Å². The van der Waals surface area contributed by atoms with Crippen molar-refractivity contribution < 1.29 is 31.1 Å². The number of carbonyl (C=O) groups is 1. The Labute approximate surface area is 192 Å². The van der Waals surface area contributed by atoms with Gasteiger partial charge in [0.15, 0.2) is 0 Å². The molecule has 0 spiro atoms. The summed E-state index contributed by atoms with van der Waals surface area (Å²) >= 11 is 0. The van der Waals surface area contributed by atoms with Gasteiger partial charge in [-0.1, -0.05) is 50.2 Å². The minimum absolute atomic E-state index is 0.138. The fourth-order valence-electron chi connectivity index (χ4n) is 3.13. The number of halogens is 3. The van der Waals surface area contributed by atoms with Crippen molar-refractivity contribution in [3.63, 3.8) is 0 Å². The van der Waals surface area contributed by atoms with Crippen LogP contribution in [0.2, 0.25) is 0 Å². The van der Waals surface area contributed by atoms with Crippen LogP contribution in [0.4, 0.5) is 13.2 Å². The highest BCUT2D eigenvalue weighted by Crippen LogP contribution is 2.17. The molecule has 0 aromatic heterocycles. The summed E-state index contributed by atoms with van der Waals surface area (Å²) in [5, 5.41) is 2.80. The molecule has 1 N–H and O–H groups in total. The van der Waals surface area contributed by atoms with Gasteiger partial charge in [-0.2, -0.15) is 17.5 Å². The molecule has 0 aliphatic heterocycles. The van der Waals surface area contributed by atoms with Gasteiger partial charge in [0.1, 0.15) is 6.61 Å². The Morgan fingerprint density at radius 2 is 1.48 bits per heavy atom. The van der Waals surface area contributed by atoms with E-state index in [4.69, 9.17) is 0 Å². The van der Waals surface area contributed by atoms with E-state index in [2.05, 4.69) is 10.1 Å². The van der Waals surface area contributed by atoms with E-state index < -0.39 is 22.8 Å². The van der Waals surface area contributed by atoms with E-state index in [1.54, 1.807) is 62.4 Å². The van der Waals surface area contributed by atoms with Crippen LogP contribution >= 0.6 is 0 Å². The second-order valence-electron chi connectivity index (χ2n) is 7.43. The van der Waals surface area contributed by atoms with Gasteiger partial charge in [-0.3, -0.25) is 4.79 Å². The highest BCUT2D eigenvalue weighted by Gasteiger charge is 2.27. The molecule has 2 rings (SSSR count). The lowest BCUT2D eigenvalue weighted by molar-refractivity contribution is -0.176. The number of rotatable bonds is 12. The predicted octanol–water partition coefficient (Wildman–Crippen LogP) is 4.05. The maximum absolute atomic E-state index is 12.5. The lowest BCUT2D eigenvalue weighted by Crippen LogP contribution is -2.30. The van der Waals surface area contributed by atoms with Crippen LogP contribution in [0.3, 0.4) is 0 Å². The molecule has 10 heteroatoms. The first-order valence-electron chi connectivity index (χ1n) is 10.6. The number of nitrogens with one attached hydrogen (secondary N) is 1. The number of sulfonamides is 1. The summed E-state index contributed by atoms with van der Waals surface area (Å²) in [4.78, 5) is 12.4. The normalized spacial score (nSPS) is 12.2. The Balaban J connectivity index is 1.78. The standard InChI is InChI=1S/C23H29F3N2O4S/c1-3-28(4-2)33(30,31)21-12-9-18(10-13-21)11-14-22(29)27-15-19-5-7-20(8-6-19)16-32-17-23(24,25)26/h5-10,12-13H,3-4,11,14-17H2,1-2H3,(H,27,29). The van der Waals surface area contributed by atoms with Crippen molar-refractivity contribution in [1.29, 1.82) is 0 Å². The molecule has 0 bridgehead atoms. The first-order valence-corrected chi connectivity index (χ1v) is 12.1. The molecular formula is C23H29F3N2O4S. The molecule has 0 saturated heterocycles. The van der Waals surface area contributed by atoms with E-state index in [0.717, 1.165) is 11.1 Å². The highest BCUT2D eigenvalue weighted by atomic mass is 32.2. The van der Waals surface area contributed by atoms with Gasteiger partial charge in [-0.15, -0.1) is 0 Å². The average Bonchev–Trinajstić information content (AvgIpc) is 2.77. The van der Waals surface area contributed by atoms with Gasteiger partial charge in [0, 0.05) is 26.1 Å². The van der Waals surface area contributed by atoms with E-state index in [1.807, 2.05) is 0 Å². The molecule has 1 amide bonds. The first kappa shape index (κ1) is 26.8. The lowest BCUT2D eigenvalue weighted by atomic mass is 10.1. The van der Waals surface area contributed by atoms with Crippen LogP contribution in [0.1, 0.15) is 37.0 Å². The van der Waals surface area contributed by atoms with E-state index >= 15 is 0 Å². The van der Waals surface area contributed by atoms with Gasteiger partial charge >= 0.3 is 6.18 Å². The third-order valence-electron chi connectivity index (χ3n) is 4.95. The quantitative estimate of drug-likeness (QED) is 0.491. The maximum atomic E-state index is 12.5. The molecule has 0 aliphatic rings. The molecule has 0 unspecified atom stereocenters. The van der Waals surface area contributed by atoms with Crippen LogP contribution in [0.25, 0.3) is 0 Å². The summed E-state index contributed by atoms with van der Waals surface area (Å²) in [5.41, 5.74) is 2.28. The predicted molar refractivity (Wildman–Crippen MR) is 119 cm³/mol. The van der Waals surface area contributed by atoms with Gasteiger partial charge in [-0.05, 0) is 35.2 Å². The minimum atomic E-state index is -4.35. The Kier molecular flexibility index (Phi) is 9.87. The molecule has 182 valence electrons. The summed E-state index contributed by atoms with van der Waals surface area (Å²) < 4.78 is 67.3. The summed E-state index contributed by atoms with van der Waals surface area (Å²) in [5.74, 6) is -0.160. The van der Waals surface area contributed by atoms with Crippen LogP contribution in [-0.2, 0) is 39.1 Å². The van der Waals surface area contributed by atoms with E-state index in [-0.39, 0.29) is 23.8 Å². The Morgan fingerprint density at radius 3 is 2.03 bits per heavy atom. The molecule has 2 aromatic rings. The fraction of sp³-hybridized carbons (Fsp3) is 0.435. The van der Waals surface area contributed by atoms with Gasteiger partial charge in [0.25, 0.3) is 0 Å². The van der Waals surface area contributed by atoms with Crippen LogP contribution in [-0.4, -0.2) is 44.5 Å². The molecular weight excluding hydrogens is 457 g/mol. The van der Waals surface area contributed by atoms with E-state index in [1.165, 1.54) is 4.31 Å². The fourth-order valence-corrected chi connectivity index (χ4v) is 4.58. The van der Waals surface area contributed by atoms with Gasteiger partial charge in [0.2, 0.25) is 15.9 Å². The molecule has 0 saturated carbocycles. The zero-order valence-electron chi connectivity index (χ0n) is 18.7. The van der Waals surface area contributed by atoms with Crippen molar-refractivity contribution in [2.45, 2.75) is 50.9 Å². The number of amides is 1. The average molecular weight is 487 g/mol. The highest BCUT2D eigenvalue weighted by molar-refractivity contribution is 7.89. The number of nitrogens with zero attached hydrogens (tertiary/aromatic N) is 1. The van der Waals surface area contributed by atoms with E-state index in [9.17, 15) is 26.4 Å². The number of aryl methyl sites for hydroxylation is 1. The SMILES string of the molecule is CCN(CC)S(=O)(=O)c1ccc(CCC(=O)NCc2ccc(COCC(F)(F)F)cc2)cc1. The minimum Gasteiger partial charge on any atom is -0.367 e. The number of benzene rings is 2. The van der Waals surface area contributed by atoms with Crippen molar-refractivity contribution in [1.82, 2.24) is 9.62 Å². The molecule has 2 aromatic carbocycles. The number of ether oxygens (including phenoxy) is 1. The Morgan fingerprint density at radius 1 is 0.939 bits per heavy atom. The third-order valence-corrected chi connectivity index (χ3v) is 7.02. The Bertz CT molecular complexity index is 988. The van der Waals surface area contributed by atoms with Gasteiger partial charge in [-0.25, -0.2) is 8.42 Å². The summed E-state index contributed by atoms with van der Waals surface area (Å²) in [6.07, 6.45) is -3.65. The number of alkyl halides is 3. The van der Waals surface area contributed by atoms with Crippen molar-refractivity contribution >= 4 is 15.9 Å². The Hall–Kier alpha value is -2.43. The van der Waals surface area contributed by atoms with Crippen molar-refractivity contribution in [3.8, 4) is 0 Å². The van der Waals surface area contributed by atoms with Gasteiger partial charge in [0.05, 0.1) is 11.5 Å². The molecule has 0 atom stereocenters. The molecule has 0 fully saturated rings. The molecule has 33 heavy (non-hydrogen) atoms. The molecule has 0 radical (unpaired) electrons.